The van der Waals surface area contributed by atoms with Crippen molar-refractivity contribution in [3.63, 3.8) is 0 Å². The molecule has 1 aromatic carbocycles. The van der Waals surface area contributed by atoms with E-state index < -0.39 is 12.7 Å². The number of nitrogens with zero attached hydrogens (tertiary/aromatic N) is 1. The number of rotatable bonds is 3. The smallest absolute Gasteiger partial charge is 0.380 e. The number of hydrogen-bond acceptors (Lipinski definition) is 2. The van der Waals surface area contributed by atoms with E-state index in [0.29, 0.717) is 13.2 Å². The van der Waals surface area contributed by atoms with Crippen LogP contribution in [-0.2, 0) is 11.3 Å². The standard InChI is InChI=1S/C18H26F3NO/c1-12-14-7-6-13(10-23-5)8-15(14)16(17(2,3)4)9-22(12)11-18(19,20)21/h6-8,12,16H,9-11H2,1-5H3. The lowest BCUT2D eigenvalue weighted by Gasteiger charge is -2.45. The number of methoxy groups -OCH3 is 1. The topological polar surface area (TPSA) is 12.5 Å². The molecule has 0 radical (unpaired) electrons. The van der Waals surface area contributed by atoms with Crippen LogP contribution < -0.4 is 0 Å². The Morgan fingerprint density at radius 2 is 1.83 bits per heavy atom. The molecule has 0 aromatic heterocycles. The summed E-state index contributed by atoms with van der Waals surface area (Å²) >= 11 is 0. The Bertz CT molecular complexity index is 548. The predicted octanol–water partition coefficient (Wildman–Crippen LogP) is 4.90. The minimum atomic E-state index is -4.18. The zero-order valence-corrected chi connectivity index (χ0v) is 14.5. The Morgan fingerprint density at radius 1 is 1.17 bits per heavy atom. The lowest BCUT2D eigenvalue weighted by atomic mass is 9.71. The highest BCUT2D eigenvalue weighted by atomic mass is 19.4. The molecular formula is C18H26F3NO. The van der Waals surface area contributed by atoms with Gasteiger partial charge in [0.2, 0.25) is 0 Å². The minimum Gasteiger partial charge on any atom is -0.380 e. The highest BCUT2D eigenvalue weighted by Gasteiger charge is 2.41. The number of alkyl halides is 3. The normalized spacial score (nSPS) is 23.0. The van der Waals surface area contributed by atoms with E-state index in [9.17, 15) is 13.2 Å². The maximum Gasteiger partial charge on any atom is 0.401 e. The Hall–Kier alpha value is -1.07. The molecule has 23 heavy (non-hydrogen) atoms. The van der Waals surface area contributed by atoms with Crippen LogP contribution in [0.1, 0.15) is 56.3 Å². The first-order chi connectivity index (χ1) is 10.5. The fraction of sp³-hybridized carbons (Fsp3) is 0.667. The van der Waals surface area contributed by atoms with Gasteiger partial charge in [-0.1, -0.05) is 39.0 Å². The molecule has 2 rings (SSSR count). The van der Waals surface area contributed by atoms with Crippen LogP contribution in [0, 0.1) is 5.41 Å². The molecule has 1 aromatic rings. The lowest BCUT2D eigenvalue weighted by Crippen LogP contribution is -2.45. The molecule has 2 unspecified atom stereocenters. The van der Waals surface area contributed by atoms with E-state index in [0.717, 1.165) is 16.7 Å². The summed E-state index contributed by atoms with van der Waals surface area (Å²) in [5.74, 6) is 0.0628. The van der Waals surface area contributed by atoms with Gasteiger partial charge in [0, 0.05) is 25.6 Å². The molecule has 0 fully saturated rings. The molecule has 2 nitrogen and oxygen atoms in total. The molecule has 0 saturated carbocycles. The van der Waals surface area contributed by atoms with Gasteiger partial charge in [-0.2, -0.15) is 13.2 Å². The summed E-state index contributed by atoms with van der Waals surface area (Å²) < 4.78 is 44.0. The fourth-order valence-corrected chi connectivity index (χ4v) is 3.42. The van der Waals surface area contributed by atoms with Crippen LogP contribution in [0.25, 0.3) is 0 Å². The summed E-state index contributed by atoms with van der Waals surface area (Å²) in [4.78, 5) is 1.55. The molecule has 0 N–H and O–H groups in total. The molecule has 0 saturated heterocycles. The van der Waals surface area contributed by atoms with Crippen molar-refractivity contribution in [3.8, 4) is 0 Å². The molecule has 1 aliphatic heterocycles. The van der Waals surface area contributed by atoms with Crippen molar-refractivity contribution in [3.05, 3.63) is 34.9 Å². The Morgan fingerprint density at radius 3 is 2.35 bits per heavy atom. The third-order valence-corrected chi connectivity index (χ3v) is 4.68. The average molecular weight is 329 g/mol. The van der Waals surface area contributed by atoms with E-state index in [1.807, 2.05) is 19.1 Å². The molecule has 130 valence electrons. The monoisotopic (exact) mass is 329 g/mol. The lowest BCUT2D eigenvalue weighted by molar-refractivity contribution is -0.153. The van der Waals surface area contributed by atoms with Crippen LogP contribution in [0.15, 0.2) is 18.2 Å². The quantitative estimate of drug-likeness (QED) is 0.782. The molecule has 5 heteroatoms. The van der Waals surface area contributed by atoms with Crippen LogP contribution in [-0.4, -0.2) is 31.3 Å². The van der Waals surface area contributed by atoms with Crippen molar-refractivity contribution in [1.29, 1.82) is 0 Å². The van der Waals surface area contributed by atoms with E-state index in [1.165, 1.54) is 0 Å². The van der Waals surface area contributed by atoms with Crippen molar-refractivity contribution in [2.24, 2.45) is 5.41 Å². The molecule has 0 bridgehead atoms. The van der Waals surface area contributed by atoms with Gasteiger partial charge in [0.25, 0.3) is 0 Å². The zero-order chi connectivity index (χ0) is 17.4. The molecule has 2 atom stereocenters. The number of hydrogen-bond donors (Lipinski definition) is 0. The Kier molecular flexibility index (Phi) is 5.12. The molecular weight excluding hydrogens is 303 g/mol. The summed E-state index contributed by atoms with van der Waals surface area (Å²) in [6.45, 7) is 8.21. The Labute approximate surface area is 136 Å². The molecule has 0 aliphatic carbocycles. The second-order valence-electron chi connectivity index (χ2n) is 7.54. The predicted molar refractivity (Wildman–Crippen MR) is 85.4 cm³/mol. The summed E-state index contributed by atoms with van der Waals surface area (Å²) in [5, 5.41) is 0. The van der Waals surface area contributed by atoms with Gasteiger partial charge in [0.05, 0.1) is 13.2 Å². The molecule has 1 aliphatic rings. The van der Waals surface area contributed by atoms with Crippen molar-refractivity contribution in [1.82, 2.24) is 4.90 Å². The van der Waals surface area contributed by atoms with Crippen LogP contribution in [0.5, 0.6) is 0 Å². The second kappa shape index (κ2) is 6.44. The summed E-state index contributed by atoms with van der Waals surface area (Å²) in [5.41, 5.74) is 3.12. The first-order valence-electron chi connectivity index (χ1n) is 7.95. The van der Waals surface area contributed by atoms with Gasteiger partial charge in [0.1, 0.15) is 0 Å². The molecule has 0 amide bonds. The third-order valence-electron chi connectivity index (χ3n) is 4.68. The van der Waals surface area contributed by atoms with E-state index in [1.54, 1.807) is 12.0 Å². The maximum absolute atomic E-state index is 12.9. The van der Waals surface area contributed by atoms with Crippen molar-refractivity contribution in [2.75, 3.05) is 20.2 Å². The van der Waals surface area contributed by atoms with Gasteiger partial charge in [-0.3, -0.25) is 4.90 Å². The SMILES string of the molecule is COCc1ccc2c(c1)C(C(C)(C)C)CN(CC(F)(F)F)C2C. The van der Waals surface area contributed by atoms with E-state index >= 15 is 0 Å². The highest BCUT2D eigenvalue weighted by molar-refractivity contribution is 5.39. The van der Waals surface area contributed by atoms with Gasteiger partial charge in [-0.25, -0.2) is 0 Å². The largest absolute Gasteiger partial charge is 0.401 e. The van der Waals surface area contributed by atoms with Gasteiger partial charge in [0.15, 0.2) is 0 Å². The van der Waals surface area contributed by atoms with Gasteiger partial charge < -0.3 is 4.74 Å². The highest BCUT2D eigenvalue weighted by Crippen LogP contribution is 2.45. The van der Waals surface area contributed by atoms with Crippen LogP contribution in [0.3, 0.4) is 0 Å². The van der Waals surface area contributed by atoms with Crippen molar-refractivity contribution < 1.29 is 17.9 Å². The number of fused-ring (bicyclic) bond motifs is 1. The summed E-state index contributed by atoms with van der Waals surface area (Å²) in [6.07, 6.45) is -4.18. The summed E-state index contributed by atoms with van der Waals surface area (Å²) in [7, 11) is 1.65. The molecule has 0 spiro atoms. The van der Waals surface area contributed by atoms with E-state index in [2.05, 4.69) is 26.8 Å². The first kappa shape index (κ1) is 18.3. The van der Waals surface area contributed by atoms with Gasteiger partial charge in [-0.15, -0.1) is 0 Å². The summed E-state index contributed by atoms with van der Waals surface area (Å²) in [6, 6.07) is 5.79. The number of ether oxygens (including phenoxy) is 1. The minimum absolute atomic E-state index is 0.0628. The van der Waals surface area contributed by atoms with Crippen LogP contribution >= 0.6 is 0 Å². The third kappa shape index (κ3) is 4.27. The average Bonchev–Trinajstić information content (AvgIpc) is 2.39. The van der Waals surface area contributed by atoms with Crippen LogP contribution in [0.2, 0.25) is 0 Å². The molecule has 1 heterocycles. The number of halogens is 3. The van der Waals surface area contributed by atoms with Crippen molar-refractivity contribution in [2.45, 2.75) is 52.4 Å². The number of benzene rings is 1. The second-order valence-corrected chi connectivity index (χ2v) is 7.54. The fourth-order valence-electron chi connectivity index (χ4n) is 3.42. The van der Waals surface area contributed by atoms with Gasteiger partial charge >= 0.3 is 6.18 Å². The van der Waals surface area contributed by atoms with E-state index in [-0.39, 0.29) is 17.4 Å². The van der Waals surface area contributed by atoms with Crippen molar-refractivity contribution >= 4 is 0 Å². The van der Waals surface area contributed by atoms with Gasteiger partial charge in [-0.05, 0) is 29.0 Å². The van der Waals surface area contributed by atoms with Crippen LogP contribution in [0.4, 0.5) is 13.2 Å². The maximum atomic E-state index is 12.9. The Balaban J connectivity index is 2.44. The van der Waals surface area contributed by atoms with E-state index in [4.69, 9.17) is 4.74 Å². The zero-order valence-electron chi connectivity index (χ0n) is 14.5. The first-order valence-corrected chi connectivity index (χ1v) is 7.95.